The van der Waals surface area contributed by atoms with Gasteiger partial charge in [0.2, 0.25) is 0 Å². The highest BCUT2D eigenvalue weighted by Gasteiger charge is 2.06. The Morgan fingerprint density at radius 1 is 1.55 bits per heavy atom. The molecule has 0 bridgehead atoms. The fourth-order valence-electron chi connectivity index (χ4n) is 0.899. The van der Waals surface area contributed by atoms with Crippen molar-refractivity contribution in [3.63, 3.8) is 0 Å². The van der Waals surface area contributed by atoms with Crippen molar-refractivity contribution in [3.05, 3.63) is 17.0 Å². The Hall–Kier alpha value is -0.870. The van der Waals surface area contributed by atoms with E-state index in [4.69, 9.17) is 9.36 Å². The third-order valence-corrected chi connectivity index (χ3v) is 1.57. The van der Waals surface area contributed by atoms with Gasteiger partial charge in [0, 0.05) is 5.56 Å². The van der Waals surface area contributed by atoms with E-state index in [1.165, 1.54) is 0 Å². The number of nitrogens with zero attached hydrogens (tertiary/aromatic N) is 1. The van der Waals surface area contributed by atoms with E-state index in [0.717, 1.165) is 17.0 Å². The van der Waals surface area contributed by atoms with Crippen molar-refractivity contribution in [1.29, 1.82) is 0 Å². The van der Waals surface area contributed by atoms with Crippen molar-refractivity contribution >= 4 is 0 Å². The molecule has 0 saturated heterocycles. The summed E-state index contributed by atoms with van der Waals surface area (Å²) in [5.41, 5.74) is 4.70. The maximum absolute atomic E-state index is 4.95. The Morgan fingerprint density at radius 3 is 2.73 bits per heavy atom. The molecule has 0 aliphatic carbocycles. The summed E-state index contributed by atoms with van der Waals surface area (Å²) in [5.74, 6) is 0.840. The maximum Gasteiger partial charge on any atom is 0.138 e. The molecule has 0 spiro atoms. The number of aromatic nitrogens is 1. The summed E-state index contributed by atoms with van der Waals surface area (Å²) in [4.78, 5) is 4.71. The number of nitrogens with one attached hydrogen (secondary N) is 1. The van der Waals surface area contributed by atoms with Gasteiger partial charge in [-0.05, 0) is 13.8 Å². The molecule has 4 heteroatoms. The molecule has 1 N–H and O–H groups in total. The number of rotatable bonds is 3. The van der Waals surface area contributed by atoms with E-state index in [0.29, 0.717) is 6.54 Å². The van der Waals surface area contributed by atoms with Crippen LogP contribution in [0, 0.1) is 13.8 Å². The zero-order chi connectivity index (χ0) is 8.27. The van der Waals surface area contributed by atoms with Crippen molar-refractivity contribution in [1.82, 2.24) is 10.6 Å². The smallest absolute Gasteiger partial charge is 0.138 e. The van der Waals surface area contributed by atoms with Crippen LogP contribution in [0.4, 0.5) is 0 Å². The third kappa shape index (κ3) is 1.78. The summed E-state index contributed by atoms with van der Waals surface area (Å²) in [7, 11) is 1.58. The van der Waals surface area contributed by atoms with Crippen LogP contribution in [0.25, 0.3) is 0 Å². The van der Waals surface area contributed by atoms with Crippen molar-refractivity contribution < 1.29 is 9.36 Å². The first-order valence-corrected chi connectivity index (χ1v) is 3.43. The fraction of sp³-hybridized carbons (Fsp3) is 0.571. The Morgan fingerprint density at radius 2 is 2.27 bits per heavy atom. The molecule has 0 atom stereocenters. The second-order valence-corrected chi connectivity index (χ2v) is 2.33. The molecule has 0 fully saturated rings. The fourth-order valence-corrected chi connectivity index (χ4v) is 0.899. The van der Waals surface area contributed by atoms with E-state index in [1.54, 1.807) is 7.11 Å². The van der Waals surface area contributed by atoms with Gasteiger partial charge in [-0.15, -0.1) is 0 Å². The van der Waals surface area contributed by atoms with Gasteiger partial charge in [-0.3, -0.25) is 0 Å². The van der Waals surface area contributed by atoms with Crippen LogP contribution in [-0.4, -0.2) is 12.3 Å². The van der Waals surface area contributed by atoms with E-state index in [-0.39, 0.29) is 0 Å². The molecule has 11 heavy (non-hydrogen) atoms. The summed E-state index contributed by atoms with van der Waals surface area (Å²) in [6.07, 6.45) is 0. The van der Waals surface area contributed by atoms with Crippen LogP contribution in [-0.2, 0) is 11.4 Å². The predicted molar refractivity (Wildman–Crippen MR) is 39.8 cm³/mol. The van der Waals surface area contributed by atoms with Crippen molar-refractivity contribution in [2.45, 2.75) is 20.4 Å². The Labute approximate surface area is 65.5 Å². The quantitative estimate of drug-likeness (QED) is 0.662. The topological polar surface area (TPSA) is 47.3 Å². The van der Waals surface area contributed by atoms with Crippen LogP contribution in [0.5, 0.6) is 0 Å². The minimum atomic E-state index is 0.637. The van der Waals surface area contributed by atoms with Gasteiger partial charge >= 0.3 is 0 Å². The molecule has 0 aromatic carbocycles. The van der Waals surface area contributed by atoms with Gasteiger partial charge in [0.15, 0.2) is 0 Å². The van der Waals surface area contributed by atoms with Crippen molar-refractivity contribution in [3.8, 4) is 0 Å². The lowest BCUT2D eigenvalue weighted by molar-refractivity contribution is 0.0863. The molecule has 62 valence electrons. The lowest BCUT2D eigenvalue weighted by atomic mass is 10.2. The molecular weight excluding hydrogens is 144 g/mol. The average Bonchev–Trinajstić information content (AvgIpc) is 2.29. The summed E-state index contributed by atoms with van der Waals surface area (Å²) < 4.78 is 4.95. The Balaban J connectivity index is 2.67. The number of aryl methyl sites for hydroxylation is 2. The van der Waals surface area contributed by atoms with Crippen molar-refractivity contribution in [2.24, 2.45) is 0 Å². The molecule has 0 radical (unpaired) electrons. The Bertz CT molecular complexity index is 213. The molecule has 1 aromatic heterocycles. The first-order chi connectivity index (χ1) is 5.25. The Kier molecular flexibility index (Phi) is 2.62. The molecule has 0 amide bonds. The number of hydroxylamine groups is 1. The largest absolute Gasteiger partial charge is 0.361 e. The van der Waals surface area contributed by atoms with Crippen LogP contribution < -0.4 is 5.48 Å². The molecule has 4 nitrogen and oxygen atoms in total. The van der Waals surface area contributed by atoms with E-state index < -0.39 is 0 Å². The zero-order valence-electron chi connectivity index (χ0n) is 6.97. The molecule has 0 unspecified atom stereocenters. The lowest BCUT2D eigenvalue weighted by Crippen LogP contribution is -2.11. The van der Waals surface area contributed by atoms with E-state index in [2.05, 4.69) is 10.6 Å². The summed E-state index contributed by atoms with van der Waals surface area (Å²) in [5, 5.41) is 3.80. The first-order valence-electron chi connectivity index (χ1n) is 3.43. The minimum Gasteiger partial charge on any atom is -0.361 e. The highest BCUT2D eigenvalue weighted by Crippen LogP contribution is 2.10. The summed E-state index contributed by atoms with van der Waals surface area (Å²) in [6, 6.07) is 0. The maximum atomic E-state index is 4.95. The van der Waals surface area contributed by atoms with Gasteiger partial charge < -0.3 is 9.36 Å². The molecular formula is C7H12N2O2. The van der Waals surface area contributed by atoms with Crippen molar-refractivity contribution in [2.75, 3.05) is 7.11 Å². The predicted octanol–water partition coefficient (Wildman–Crippen LogP) is 0.942. The zero-order valence-corrected chi connectivity index (χ0v) is 6.97. The average molecular weight is 156 g/mol. The van der Waals surface area contributed by atoms with E-state index in [9.17, 15) is 0 Å². The standard InChI is InChI=1S/C7H12N2O2/c1-5-7(4-8-10-3)6(2)11-9-5/h8H,4H2,1-3H3. The normalized spacial score (nSPS) is 10.5. The van der Waals surface area contributed by atoms with E-state index in [1.807, 2.05) is 13.8 Å². The second kappa shape index (κ2) is 3.50. The third-order valence-electron chi connectivity index (χ3n) is 1.57. The minimum absolute atomic E-state index is 0.637. The van der Waals surface area contributed by atoms with Gasteiger partial charge in [0.25, 0.3) is 0 Å². The molecule has 1 aromatic rings. The van der Waals surface area contributed by atoms with Gasteiger partial charge in [-0.2, -0.15) is 5.48 Å². The summed E-state index contributed by atoms with van der Waals surface area (Å²) in [6.45, 7) is 4.42. The number of hydrogen-bond acceptors (Lipinski definition) is 4. The van der Waals surface area contributed by atoms with Crippen LogP contribution in [0.3, 0.4) is 0 Å². The van der Waals surface area contributed by atoms with Crippen LogP contribution in [0.2, 0.25) is 0 Å². The van der Waals surface area contributed by atoms with Gasteiger partial charge in [0.05, 0.1) is 19.3 Å². The second-order valence-electron chi connectivity index (χ2n) is 2.33. The molecule has 0 saturated carbocycles. The van der Waals surface area contributed by atoms with Crippen LogP contribution in [0.15, 0.2) is 4.52 Å². The molecule has 0 aliphatic rings. The van der Waals surface area contributed by atoms with Gasteiger partial charge in [-0.1, -0.05) is 5.16 Å². The monoisotopic (exact) mass is 156 g/mol. The van der Waals surface area contributed by atoms with Crippen LogP contribution in [0.1, 0.15) is 17.0 Å². The lowest BCUT2D eigenvalue weighted by Gasteiger charge is -1.98. The van der Waals surface area contributed by atoms with Crippen LogP contribution >= 0.6 is 0 Å². The summed E-state index contributed by atoms with van der Waals surface area (Å²) >= 11 is 0. The highest BCUT2D eigenvalue weighted by molar-refractivity contribution is 5.19. The highest BCUT2D eigenvalue weighted by atomic mass is 16.6. The molecule has 1 rings (SSSR count). The van der Waals surface area contributed by atoms with Gasteiger partial charge in [-0.25, -0.2) is 0 Å². The van der Waals surface area contributed by atoms with E-state index >= 15 is 0 Å². The number of hydrogen-bond donors (Lipinski definition) is 1. The SMILES string of the molecule is CONCc1c(C)noc1C. The first kappa shape index (κ1) is 8.23. The molecule has 1 heterocycles. The van der Waals surface area contributed by atoms with Gasteiger partial charge in [0.1, 0.15) is 5.76 Å². The molecule has 0 aliphatic heterocycles.